The highest BCUT2D eigenvalue weighted by molar-refractivity contribution is 5.81. The number of amides is 1. The average Bonchev–Trinajstić information content (AvgIpc) is 2.68. The molecular weight excluding hydrogens is 354 g/mol. The number of aliphatic hydroxyl groups is 1. The van der Waals surface area contributed by atoms with Gasteiger partial charge in [0.2, 0.25) is 5.91 Å². The number of hydrogen-bond donors (Lipinski definition) is 1. The van der Waals surface area contributed by atoms with Gasteiger partial charge in [-0.25, -0.2) is 0 Å². The summed E-state index contributed by atoms with van der Waals surface area (Å²) in [5.41, 5.74) is 2.94. The van der Waals surface area contributed by atoms with Crippen molar-refractivity contribution >= 4 is 5.91 Å². The second kappa shape index (κ2) is 8.42. The number of carbonyl (C=O) groups is 1. The van der Waals surface area contributed by atoms with Crippen molar-refractivity contribution in [2.24, 2.45) is 0 Å². The van der Waals surface area contributed by atoms with Crippen molar-refractivity contribution in [3.63, 3.8) is 0 Å². The fourth-order valence-electron chi connectivity index (χ4n) is 3.87. The van der Waals surface area contributed by atoms with Crippen molar-refractivity contribution in [1.82, 2.24) is 9.80 Å². The highest BCUT2D eigenvalue weighted by Gasteiger charge is 2.51. The van der Waals surface area contributed by atoms with Crippen LogP contribution in [0.2, 0.25) is 0 Å². The average molecular weight is 379 g/mol. The number of nitriles is 1. The van der Waals surface area contributed by atoms with Crippen LogP contribution in [0.1, 0.15) is 11.5 Å². The van der Waals surface area contributed by atoms with E-state index in [-0.39, 0.29) is 31.0 Å². The molecule has 0 aliphatic carbocycles. The molecule has 1 aliphatic rings. The van der Waals surface area contributed by atoms with E-state index in [0.717, 1.165) is 22.4 Å². The number of hydrogen-bond acceptors (Lipinski definition) is 5. The predicted molar refractivity (Wildman–Crippen MR) is 107 cm³/mol. The molecule has 6 nitrogen and oxygen atoms in total. The van der Waals surface area contributed by atoms with Crippen LogP contribution in [-0.4, -0.2) is 67.3 Å². The second-order valence-corrected chi connectivity index (χ2v) is 7.21. The van der Waals surface area contributed by atoms with Crippen LogP contribution in [0, 0.1) is 11.3 Å². The van der Waals surface area contributed by atoms with Crippen LogP contribution >= 0.6 is 0 Å². The maximum absolute atomic E-state index is 12.5. The number of nitrogens with zero attached hydrogens (tertiary/aromatic N) is 3. The maximum Gasteiger partial charge on any atom is 0.238 e. The highest BCUT2D eigenvalue weighted by Crippen LogP contribution is 2.41. The molecule has 0 radical (unpaired) electrons. The topological polar surface area (TPSA) is 76.8 Å². The Balaban J connectivity index is 1.85. The summed E-state index contributed by atoms with van der Waals surface area (Å²) in [5.74, 6) is 0.452. The number of carbonyl (C=O) groups excluding carboxylic acids is 1. The summed E-state index contributed by atoms with van der Waals surface area (Å²) in [5, 5.41) is 19.5. The van der Waals surface area contributed by atoms with Crippen molar-refractivity contribution in [3.05, 3.63) is 54.1 Å². The molecule has 1 N–H and O–H groups in total. The summed E-state index contributed by atoms with van der Waals surface area (Å²) in [7, 11) is 5.26. The van der Waals surface area contributed by atoms with Crippen molar-refractivity contribution in [2.75, 3.05) is 34.4 Å². The summed E-state index contributed by atoms with van der Waals surface area (Å²) >= 11 is 0. The van der Waals surface area contributed by atoms with Gasteiger partial charge in [-0.3, -0.25) is 4.79 Å². The number of rotatable bonds is 6. The van der Waals surface area contributed by atoms with Crippen LogP contribution in [0.3, 0.4) is 0 Å². The Hall–Kier alpha value is -2.88. The number of aliphatic hydroxyl groups excluding tert-OH is 1. The van der Waals surface area contributed by atoms with Gasteiger partial charge in [0.25, 0.3) is 0 Å². The van der Waals surface area contributed by atoms with Gasteiger partial charge in [-0.05, 0) is 31.3 Å². The van der Waals surface area contributed by atoms with E-state index in [2.05, 4.69) is 6.07 Å². The van der Waals surface area contributed by atoms with Crippen molar-refractivity contribution in [2.45, 2.75) is 18.0 Å². The second-order valence-electron chi connectivity index (χ2n) is 7.21. The van der Waals surface area contributed by atoms with Crippen LogP contribution in [0.25, 0.3) is 11.1 Å². The van der Waals surface area contributed by atoms with Crippen molar-refractivity contribution < 1.29 is 14.6 Å². The van der Waals surface area contributed by atoms with Crippen LogP contribution in [0.4, 0.5) is 0 Å². The summed E-state index contributed by atoms with van der Waals surface area (Å²) < 4.78 is 5.43. The molecular formula is C22H25N3O3. The minimum atomic E-state index is -0.568. The van der Waals surface area contributed by atoms with Crippen molar-refractivity contribution in [1.29, 1.82) is 5.26 Å². The number of para-hydroxylation sites is 1. The third-order valence-electron chi connectivity index (χ3n) is 5.18. The summed E-state index contributed by atoms with van der Waals surface area (Å²) in [6.45, 7) is 0.0460. The SMILES string of the molecule is COc1ccccc1-c1ccc([C@H]2C(C#N)N(C(=O)CN(C)C)[C@H]2CO)cc1. The zero-order chi connectivity index (χ0) is 20.3. The lowest BCUT2D eigenvalue weighted by atomic mass is 9.75. The number of benzene rings is 2. The molecule has 1 unspecified atom stereocenters. The van der Waals surface area contributed by atoms with Gasteiger partial charge in [0.05, 0.1) is 32.4 Å². The third-order valence-corrected chi connectivity index (χ3v) is 5.18. The third kappa shape index (κ3) is 3.59. The largest absolute Gasteiger partial charge is 0.496 e. The maximum atomic E-state index is 12.5. The Labute approximate surface area is 165 Å². The predicted octanol–water partition coefficient (Wildman–Crippen LogP) is 2.10. The van der Waals surface area contributed by atoms with E-state index < -0.39 is 6.04 Å². The molecule has 0 saturated carbocycles. The lowest BCUT2D eigenvalue weighted by Gasteiger charge is -2.51. The number of methoxy groups -OCH3 is 1. The van der Waals surface area contributed by atoms with Gasteiger partial charge in [0.1, 0.15) is 11.8 Å². The van der Waals surface area contributed by atoms with E-state index in [4.69, 9.17) is 4.74 Å². The van der Waals surface area contributed by atoms with Crippen LogP contribution in [-0.2, 0) is 4.79 Å². The molecule has 1 fully saturated rings. The molecule has 0 spiro atoms. The Morgan fingerprint density at radius 1 is 1.21 bits per heavy atom. The van der Waals surface area contributed by atoms with Gasteiger partial charge in [0.15, 0.2) is 0 Å². The molecule has 2 aromatic carbocycles. The molecule has 3 rings (SSSR count). The minimum absolute atomic E-state index is 0.141. The van der Waals surface area contributed by atoms with E-state index in [1.54, 1.807) is 26.1 Å². The zero-order valence-corrected chi connectivity index (χ0v) is 16.4. The van der Waals surface area contributed by atoms with E-state index in [0.29, 0.717) is 0 Å². The molecule has 1 amide bonds. The minimum Gasteiger partial charge on any atom is -0.496 e. The first kappa shape index (κ1) is 19.9. The van der Waals surface area contributed by atoms with E-state index in [9.17, 15) is 15.2 Å². The Morgan fingerprint density at radius 3 is 2.46 bits per heavy atom. The Morgan fingerprint density at radius 2 is 1.89 bits per heavy atom. The van der Waals surface area contributed by atoms with E-state index in [1.165, 1.54) is 4.90 Å². The Bertz CT molecular complexity index is 873. The lowest BCUT2D eigenvalue weighted by molar-refractivity contribution is -0.147. The van der Waals surface area contributed by atoms with Gasteiger partial charge >= 0.3 is 0 Å². The smallest absolute Gasteiger partial charge is 0.238 e. The number of ether oxygens (including phenoxy) is 1. The highest BCUT2D eigenvalue weighted by atomic mass is 16.5. The molecule has 146 valence electrons. The summed E-state index contributed by atoms with van der Waals surface area (Å²) in [6, 6.07) is 17.0. The quantitative estimate of drug-likeness (QED) is 0.832. The first-order chi connectivity index (χ1) is 13.5. The fraction of sp³-hybridized carbons (Fsp3) is 0.364. The lowest BCUT2D eigenvalue weighted by Crippen LogP contribution is -2.66. The van der Waals surface area contributed by atoms with Gasteiger partial charge in [-0.15, -0.1) is 0 Å². The molecule has 28 heavy (non-hydrogen) atoms. The zero-order valence-electron chi connectivity index (χ0n) is 16.4. The normalized spacial score (nSPS) is 21.1. The molecule has 2 aromatic rings. The molecule has 6 heteroatoms. The molecule has 1 saturated heterocycles. The monoisotopic (exact) mass is 379 g/mol. The van der Waals surface area contributed by atoms with Gasteiger partial charge in [0, 0.05) is 11.5 Å². The molecule has 1 aliphatic heterocycles. The first-order valence-electron chi connectivity index (χ1n) is 9.21. The van der Waals surface area contributed by atoms with Gasteiger partial charge in [-0.2, -0.15) is 5.26 Å². The number of likely N-dealkylation sites (N-methyl/N-ethyl adjacent to an activating group) is 1. The summed E-state index contributed by atoms with van der Waals surface area (Å²) in [6.07, 6.45) is 0. The van der Waals surface area contributed by atoms with Crippen LogP contribution in [0.5, 0.6) is 5.75 Å². The standard InChI is InChI=1S/C22H25N3O3/c1-24(2)13-21(27)25-18(12-23)22(19(25)14-26)16-10-8-15(9-11-16)17-6-4-5-7-20(17)28-3/h4-11,18-19,22,26H,13-14H2,1-3H3/t18?,19-,22-/m0/s1. The summed E-state index contributed by atoms with van der Waals surface area (Å²) in [4.78, 5) is 15.7. The fourth-order valence-corrected chi connectivity index (χ4v) is 3.87. The van der Waals surface area contributed by atoms with E-state index in [1.807, 2.05) is 48.5 Å². The van der Waals surface area contributed by atoms with Crippen LogP contribution in [0.15, 0.2) is 48.5 Å². The van der Waals surface area contributed by atoms with Gasteiger partial charge in [-0.1, -0.05) is 42.5 Å². The molecule has 1 heterocycles. The molecule has 0 bridgehead atoms. The molecule has 0 aromatic heterocycles. The van der Waals surface area contributed by atoms with E-state index >= 15 is 0 Å². The van der Waals surface area contributed by atoms with Crippen molar-refractivity contribution in [3.8, 4) is 22.9 Å². The molecule has 3 atom stereocenters. The van der Waals surface area contributed by atoms with Crippen LogP contribution < -0.4 is 4.74 Å². The first-order valence-corrected chi connectivity index (χ1v) is 9.21. The Kier molecular flexibility index (Phi) is 5.98. The van der Waals surface area contributed by atoms with Gasteiger partial charge < -0.3 is 19.6 Å². The number of likely N-dealkylation sites (tertiary alicyclic amines) is 1.